The third-order valence-electron chi connectivity index (χ3n) is 4.97. The minimum absolute atomic E-state index is 0.0112. The zero-order valence-corrected chi connectivity index (χ0v) is 15.5. The van der Waals surface area contributed by atoms with E-state index in [-0.39, 0.29) is 11.7 Å². The molecule has 27 heavy (non-hydrogen) atoms. The molecule has 0 saturated carbocycles. The first-order valence-corrected chi connectivity index (χ1v) is 9.29. The SMILES string of the molecule is O=C(c1cccc2cccnc12)N1CCN(Cc2c(F)cccc2Cl)CC1. The van der Waals surface area contributed by atoms with Gasteiger partial charge in [0.05, 0.1) is 11.1 Å². The molecule has 0 unspecified atom stereocenters. The number of hydrogen-bond acceptors (Lipinski definition) is 3. The van der Waals surface area contributed by atoms with E-state index < -0.39 is 0 Å². The van der Waals surface area contributed by atoms with Crippen molar-refractivity contribution in [2.75, 3.05) is 26.2 Å². The van der Waals surface area contributed by atoms with Crippen molar-refractivity contribution in [2.45, 2.75) is 6.54 Å². The zero-order chi connectivity index (χ0) is 18.8. The standard InChI is InChI=1S/C21H19ClFN3O/c22-18-7-2-8-19(23)17(18)14-25-10-12-26(13-11-25)21(27)16-6-1-4-15-5-3-9-24-20(15)16/h1-9H,10-14H2. The smallest absolute Gasteiger partial charge is 0.256 e. The number of nitrogens with zero attached hydrogens (tertiary/aromatic N) is 3. The lowest BCUT2D eigenvalue weighted by Gasteiger charge is -2.35. The number of benzene rings is 2. The van der Waals surface area contributed by atoms with Gasteiger partial charge in [0.2, 0.25) is 0 Å². The van der Waals surface area contributed by atoms with Gasteiger partial charge in [0, 0.05) is 54.9 Å². The molecule has 6 heteroatoms. The Labute approximate surface area is 162 Å². The van der Waals surface area contributed by atoms with Crippen molar-refractivity contribution >= 4 is 28.4 Å². The van der Waals surface area contributed by atoms with Crippen LogP contribution in [0.1, 0.15) is 15.9 Å². The molecule has 0 radical (unpaired) electrons. The Balaban J connectivity index is 1.45. The van der Waals surface area contributed by atoms with Gasteiger partial charge < -0.3 is 4.90 Å². The highest BCUT2D eigenvalue weighted by atomic mass is 35.5. The molecule has 1 saturated heterocycles. The molecule has 1 aromatic heterocycles. The second-order valence-corrected chi connectivity index (χ2v) is 7.06. The fourth-order valence-electron chi connectivity index (χ4n) is 3.46. The van der Waals surface area contributed by atoms with E-state index in [0.717, 1.165) is 10.9 Å². The van der Waals surface area contributed by atoms with Crippen molar-refractivity contribution in [1.82, 2.24) is 14.8 Å². The number of piperazine rings is 1. The van der Waals surface area contributed by atoms with Crippen LogP contribution in [-0.2, 0) is 6.54 Å². The number of para-hydroxylation sites is 1. The first-order valence-electron chi connectivity index (χ1n) is 8.92. The summed E-state index contributed by atoms with van der Waals surface area (Å²) in [5, 5.41) is 1.39. The number of rotatable bonds is 3. The van der Waals surface area contributed by atoms with Crippen LogP contribution in [0.5, 0.6) is 0 Å². The minimum atomic E-state index is -0.289. The van der Waals surface area contributed by atoms with Crippen LogP contribution in [-0.4, -0.2) is 46.9 Å². The lowest BCUT2D eigenvalue weighted by molar-refractivity contribution is 0.0629. The van der Waals surface area contributed by atoms with Gasteiger partial charge in [-0.25, -0.2) is 4.39 Å². The fraction of sp³-hybridized carbons (Fsp3) is 0.238. The largest absolute Gasteiger partial charge is 0.336 e. The van der Waals surface area contributed by atoms with Gasteiger partial charge in [-0.15, -0.1) is 0 Å². The first kappa shape index (κ1) is 17.9. The Bertz CT molecular complexity index is 961. The highest BCUT2D eigenvalue weighted by Gasteiger charge is 2.24. The minimum Gasteiger partial charge on any atom is -0.336 e. The van der Waals surface area contributed by atoms with Crippen LogP contribution in [0.4, 0.5) is 4.39 Å². The molecule has 0 atom stereocenters. The van der Waals surface area contributed by atoms with E-state index in [1.165, 1.54) is 6.07 Å². The molecule has 0 bridgehead atoms. The van der Waals surface area contributed by atoms with E-state index in [1.807, 2.05) is 35.2 Å². The van der Waals surface area contributed by atoms with E-state index >= 15 is 0 Å². The van der Waals surface area contributed by atoms with Gasteiger partial charge in [0.1, 0.15) is 5.82 Å². The molecule has 1 amide bonds. The highest BCUT2D eigenvalue weighted by Crippen LogP contribution is 2.22. The van der Waals surface area contributed by atoms with Crippen LogP contribution in [0.3, 0.4) is 0 Å². The van der Waals surface area contributed by atoms with E-state index in [1.54, 1.807) is 18.3 Å². The quantitative estimate of drug-likeness (QED) is 0.686. The van der Waals surface area contributed by atoms with Crippen LogP contribution in [0.2, 0.25) is 5.02 Å². The second kappa shape index (κ2) is 7.62. The molecule has 1 aliphatic rings. The van der Waals surface area contributed by atoms with Gasteiger partial charge in [-0.3, -0.25) is 14.7 Å². The summed E-state index contributed by atoms with van der Waals surface area (Å²) in [6.07, 6.45) is 1.70. The predicted molar refractivity (Wildman–Crippen MR) is 104 cm³/mol. The number of amides is 1. The Morgan fingerprint density at radius 2 is 1.78 bits per heavy atom. The summed E-state index contributed by atoms with van der Waals surface area (Å²) >= 11 is 6.13. The summed E-state index contributed by atoms with van der Waals surface area (Å²) in [6, 6.07) is 14.2. The van der Waals surface area contributed by atoms with Crippen LogP contribution < -0.4 is 0 Å². The Hall–Kier alpha value is -2.50. The number of carbonyl (C=O) groups excluding carboxylic acids is 1. The van der Waals surface area contributed by atoms with Gasteiger partial charge in [-0.2, -0.15) is 0 Å². The van der Waals surface area contributed by atoms with Crippen LogP contribution >= 0.6 is 11.6 Å². The summed E-state index contributed by atoms with van der Waals surface area (Å²) in [7, 11) is 0. The molecule has 2 aromatic carbocycles. The molecule has 1 aliphatic heterocycles. The summed E-state index contributed by atoms with van der Waals surface area (Å²) in [5.74, 6) is -0.300. The Kier molecular flexibility index (Phi) is 5.05. The van der Waals surface area contributed by atoms with Crippen molar-refractivity contribution < 1.29 is 9.18 Å². The molecule has 0 N–H and O–H groups in total. The van der Waals surface area contributed by atoms with Crippen molar-refractivity contribution in [3.05, 3.63) is 76.7 Å². The van der Waals surface area contributed by atoms with Gasteiger partial charge in [-0.1, -0.05) is 35.9 Å². The molecule has 0 aliphatic carbocycles. The van der Waals surface area contributed by atoms with E-state index in [2.05, 4.69) is 9.88 Å². The molecule has 1 fully saturated rings. The average Bonchev–Trinajstić information content (AvgIpc) is 2.70. The maximum atomic E-state index is 14.0. The number of pyridine rings is 1. The lowest BCUT2D eigenvalue weighted by atomic mass is 10.1. The molecule has 4 nitrogen and oxygen atoms in total. The van der Waals surface area contributed by atoms with Gasteiger partial charge in [-0.05, 0) is 24.3 Å². The van der Waals surface area contributed by atoms with Crippen molar-refractivity contribution in [3.8, 4) is 0 Å². The Morgan fingerprint density at radius 1 is 1.04 bits per heavy atom. The molecular weight excluding hydrogens is 365 g/mol. The van der Waals surface area contributed by atoms with Crippen molar-refractivity contribution in [1.29, 1.82) is 0 Å². The monoisotopic (exact) mass is 383 g/mol. The van der Waals surface area contributed by atoms with Gasteiger partial charge >= 0.3 is 0 Å². The molecule has 2 heterocycles. The normalized spacial score (nSPS) is 15.3. The molecule has 4 rings (SSSR count). The molecule has 3 aromatic rings. The maximum Gasteiger partial charge on any atom is 0.256 e. The van der Waals surface area contributed by atoms with Crippen molar-refractivity contribution in [3.63, 3.8) is 0 Å². The molecular formula is C21H19ClFN3O. The summed E-state index contributed by atoms with van der Waals surface area (Å²) in [4.78, 5) is 21.3. The topological polar surface area (TPSA) is 36.4 Å². The number of hydrogen-bond donors (Lipinski definition) is 0. The summed E-state index contributed by atoms with van der Waals surface area (Å²) in [5.41, 5.74) is 1.86. The van der Waals surface area contributed by atoms with E-state index in [9.17, 15) is 9.18 Å². The van der Waals surface area contributed by atoms with Gasteiger partial charge in [0.15, 0.2) is 0 Å². The van der Waals surface area contributed by atoms with Gasteiger partial charge in [0.25, 0.3) is 5.91 Å². The third kappa shape index (κ3) is 3.66. The zero-order valence-electron chi connectivity index (χ0n) is 14.7. The second-order valence-electron chi connectivity index (χ2n) is 6.65. The summed E-state index contributed by atoms with van der Waals surface area (Å²) in [6.45, 7) is 2.98. The predicted octanol–water partition coefficient (Wildman–Crippen LogP) is 3.99. The number of aromatic nitrogens is 1. The number of halogens is 2. The summed E-state index contributed by atoms with van der Waals surface area (Å²) < 4.78 is 14.0. The van der Waals surface area contributed by atoms with Crippen molar-refractivity contribution in [2.24, 2.45) is 0 Å². The average molecular weight is 384 g/mol. The third-order valence-corrected chi connectivity index (χ3v) is 5.32. The molecule has 138 valence electrons. The van der Waals surface area contributed by atoms with E-state index in [4.69, 9.17) is 11.6 Å². The molecule has 0 spiro atoms. The number of carbonyl (C=O) groups is 1. The van der Waals surface area contributed by atoms with Crippen LogP contribution in [0.15, 0.2) is 54.7 Å². The Morgan fingerprint density at radius 3 is 2.56 bits per heavy atom. The lowest BCUT2D eigenvalue weighted by Crippen LogP contribution is -2.48. The van der Waals surface area contributed by atoms with Crippen LogP contribution in [0.25, 0.3) is 10.9 Å². The highest BCUT2D eigenvalue weighted by molar-refractivity contribution is 6.31. The fourth-order valence-corrected chi connectivity index (χ4v) is 3.69. The van der Waals surface area contributed by atoms with E-state index in [0.29, 0.717) is 48.9 Å². The number of fused-ring (bicyclic) bond motifs is 1. The maximum absolute atomic E-state index is 14.0. The van der Waals surface area contributed by atoms with Crippen LogP contribution in [0, 0.1) is 5.82 Å². The first-order chi connectivity index (χ1) is 13.1.